The maximum absolute atomic E-state index is 5.70. The van der Waals surface area contributed by atoms with E-state index < -0.39 is 0 Å². The van der Waals surface area contributed by atoms with Crippen molar-refractivity contribution in [3.05, 3.63) is 23.6 Å². The van der Waals surface area contributed by atoms with E-state index in [1.807, 2.05) is 19.4 Å². The zero-order valence-electron chi connectivity index (χ0n) is 12.9. The second kappa shape index (κ2) is 5.74. The summed E-state index contributed by atoms with van der Waals surface area (Å²) in [6.45, 7) is 4.77. The van der Waals surface area contributed by atoms with E-state index in [0.29, 0.717) is 5.13 Å². The lowest BCUT2D eigenvalue weighted by Crippen LogP contribution is -2.46. The Morgan fingerprint density at radius 1 is 1.13 bits per heavy atom. The predicted molar refractivity (Wildman–Crippen MR) is 90.3 cm³/mol. The smallest absolute Gasteiger partial charge is 0.180 e. The molecule has 2 N–H and O–H groups in total. The molecule has 1 saturated heterocycles. The summed E-state index contributed by atoms with van der Waals surface area (Å²) in [5.41, 5.74) is 6.57. The summed E-state index contributed by atoms with van der Waals surface area (Å²) in [6.07, 6.45) is 5.33. The molecule has 0 bridgehead atoms. The van der Waals surface area contributed by atoms with Gasteiger partial charge in [0, 0.05) is 50.8 Å². The second-order valence-electron chi connectivity index (χ2n) is 5.63. The number of hydrogen-bond acceptors (Lipinski definition) is 8. The van der Waals surface area contributed by atoms with E-state index in [0.717, 1.165) is 49.6 Å². The van der Waals surface area contributed by atoms with E-state index >= 15 is 0 Å². The van der Waals surface area contributed by atoms with Crippen molar-refractivity contribution in [1.29, 1.82) is 0 Å². The lowest BCUT2D eigenvalue weighted by Gasteiger charge is -2.35. The van der Waals surface area contributed by atoms with Crippen LogP contribution in [-0.2, 0) is 13.6 Å². The van der Waals surface area contributed by atoms with Gasteiger partial charge in [0.2, 0.25) is 0 Å². The van der Waals surface area contributed by atoms with Gasteiger partial charge in [-0.25, -0.2) is 15.0 Å². The summed E-state index contributed by atoms with van der Waals surface area (Å²) in [7, 11) is 1.90. The van der Waals surface area contributed by atoms with Crippen LogP contribution in [0.15, 0.2) is 18.7 Å². The first-order chi connectivity index (χ1) is 11.2. The van der Waals surface area contributed by atoms with Crippen LogP contribution in [-0.4, -0.2) is 55.8 Å². The molecule has 0 aromatic carbocycles. The van der Waals surface area contributed by atoms with Crippen LogP contribution in [0.4, 0.5) is 10.9 Å². The molecular formula is C14H18N8S. The number of aryl methyl sites for hydroxylation is 1. The molecule has 4 rings (SSSR count). The Kier molecular flexibility index (Phi) is 3.58. The average molecular weight is 330 g/mol. The normalized spacial score (nSPS) is 16.3. The molecule has 0 saturated carbocycles. The van der Waals surface area contributed by atoms with Gasteiger partial charge in [0.1, 0.15) is 12.1 Å². The number of thiazole rings is 1. The summed E-state index contributed by atoms with van der Waals surface area (Å²) in [5, 5.41) is 5.93. The Labute approximate surface area is 137 Å². The summed E-state index contributed by atoms with van der Waals surface area (Å²) in [4.78, 5) is 18.8. The highest BCUT2D eigenvalue weighted by Gasteiger charge is 2.21. The maximum atomic E-state index is 5.70. The zero-order chi connectivity index (χ0) is 15.8. The third-order valence-electron chi connectivity index (χ3n) is 4.13. The summed E-state index contributed by atoms with van der Waals surface area (Å²) in [6, 6.07) is 0. The number of nitrogen functional groups attached to an aromatic ring is 1. The fraction of sp³-hybridized carbons (Fsp3) is 0.429. The first-order valence-corrected chi connectivity index (χ1v) is 8.32. The largest absolute Gasteiger partial charge is 0.375 e. The van der Waals surface area contributed by atoms with Crippen LogP contribution in [0.25, 0.3) is 11.0 Å². The minimum Gasteiger partial charge on any atom is -0.375 e. The van der Waals surface area contributed by atoms with E-state index in [4.69, 9.17) is 5.73 Å². The summed E-state index contributed by atoms with van der Waals surface area (Å²) in [5.74, 6) is 0.977. The molecule has 0 aliphatic carbocycles. The fourth-order valence-electron chi connectivity index (χ4n) is 2.94. The fourth-order valence-corrected chi connectivity index (χ4v) is 3.66. The van der Waals surface area contributed by atoms with Crippen molar-refractivity contribution in [2.75, 3.05) is 36.8 Å². The SMILES string of the molecule is Cn1ncc2c(N3CCN(Cc4cnc(N)s4)CC3)ncnc21. The summed E-state index contributed by atoms with van der Waals surface area (Å²) >= 11 is 1.56. The van der Waals surface area contributed by atoms with E-state index in [1.165, 1.54) is 4.88 Å². The van der Waals surface area contributed by atoms with Crippen molar-refractivity contribution in [3.63, 3.8) is 0 Å². The van der Waals surface area contributed by atoms with Gasteiger partial charge in [0.25, 0.3) is 0 Å². The minimum atomic E-state index is 0.638. The van der Waals surface area contributed by atoms with Crippen molar-refractivity contribution >= 4 is 33.3 Å². The Hall–Kier alpha value is -2.26. The number of piperazine rings is 1. The molecule has 1 fully saturated rings. The Morgan fingerprint density at radius 2 is 1.96 bits per heavy atom. The molecule has 120 valence electrons. The monoisotopic (exact) mass is 330 g/mol. The van der Waals surface area contributed by atoms with Crippen molar-refractivity contribution in [1.82, 2.24) is 29.6 Å². The Balaban J connectivity index is 1.46. The van der Waals surface area contributed by atoms with Gasteiger partial charge < -0.3 is 10.6 Å². The van der Waals surface area contributed by atoms with E-state index in [9.17, 15) is 0 Å². The van der Waals surface area contributed by atoms with Crippen molar-refractivity contribution in [2.24, 2.45) is 7.05 Å². The number of aromatic nitrogens is 5. The molecule has 0 spiro atoms. The Morgan fingerprint density at radius 3 is 2.70 bits per heavy atom. The highest BCUT2D eigenvalue weighted by atomic mass is 32.1. The predicted octanol–water partition coefficient (Wildman–Crippen LogP) is 0.724. The molecule has 0 atom stereocenters. The minimum absolute atomic E-state index is 0.638. The van der Waals surface area contributed by atoms with Crippen LogP contribution >= 0.6 is 11.3 Å². The van der Waals surface area contributed by atoms with Gasteiger partial charge in [-0.05, 0) is 0 Å². The van der Waals surface area contributed by atoms with Gasteiger partial charge in [0.05, 0.1) is 11.6 Å². The second-order valence-corrected chi connectivity index (χ2v) is 6.78. The molecule has 8 nitrogen and oxygen atoms in total. The highest BCUT2D eigenvalue weighted by molar-refractivity contribution is 7.15. The number of anilines is 2. The van der Waals surface area contributed by atoms with Gasteiger partial charge in [-0.15, -0.1) is 11.3 Å². The third kappa shape index (κ3) is 2.73. The molecule has 1 aliphatic heterocycles. The lowest BCUT2D eigenvalue weighted by molar-refractivity contribution is 0.251. The van der Waals surface area contributed by atoms with Crippen molar-refractivity contribution in [3.8, 4) is 0 Å². The molecule has 3 aromatic heterocycles. The molecule has 0 unspecified atom stereocenters. The van der Waals surface area contributed by atoms with E-state index in [-0.39, 0.29) is 0 Å². The van der Waals surface area contributed by atoms with Gasteiger partial charge in [-0.1, -0.05) is 0 Å². The number of rotatable bonds is 3. The highest BCUT2D eigenvalue weighted by Crippen LogP contribution is 2.24. The Bertz CT molecular complexity index is 817. The van der Waals surface area contributed by atoms with Gasteiger partial charge in [-0.3, -0.25) is 9.58 Å². The number of nitrogens with two attached hydrogens (primary N) is 1. The van der Waals surface area contributed by atoms with Crippen LogP contribution in [0.3, 0.4) is 0 Å². The van der Waals surface area contributed by atoms with Crippen molar-refractivity contribution < 1.29 is 0 Å². The number of fused-ring (bicyclic) bond motifs is 1. The molecule has 0 amide bonds. The molecule has 4 heterocycles. The maximum Gasteiger partial charge on any atom is 0.180 e. The van der Waals surface area contributed by atoms with Gasteiger partial charge in [-0.2, -0.15) is 5.10 Å². The first-order valence-electron chi connectivity index (χ1n) is 7.51. The molecular weight excluding hydrogens is 312 g/mol. The van der Waals surface area contributed by atoms with Crippen LogP contribution in [0, 0.1) is 0 Å². The van der Waals surface area contributed by atoms with Crippen LogP contribution in [0.5, 0.6) is 0 Å². The quantitative estimate of drug-likeness (QED) is 0.757. The van der Waals surface area contributed by atoms with Gasteiger partial charge >= 0.3 is 0 Å². The van der Waals surface area contributed by atoms with Gasteiger partial charge in [0.15, 0.2) is 10.8 Å². The summed E-state index contributed by atoms with van der Waals surface area (Å²) < 4.78 is 1.78. The van der Waals surface area contributed by atoms with Crippen LogP contribution in [0.2, 0.25) is 0 Å². The third-order valence-corrected chi connectivity index (χ3v) is 4.94. The molecule has 23 heavy (non-hydrogen) atoms. The van der Waals surface area contributed by atoms with E-state index in [1.54, 1.807) is 22.3 Å². The standard InChI is InChI=1S/C14H18N8S/c1-20-12-11(7-19-20)13(18-9-17-12)22-4-2-21(3-5-22)8-10-6-16-14(15)23-10/h6-7,9H,2-5,8H2,1H3,(H2,15,16). The molecule has 0 radical (unpaired) electrons. The van der Waals surface area contributed by atoms with Crippen LogP contribution < -0.4 is 10.6 Å². The zero-order valence-corrected chi connectivity index (χ0v) is 13.7. The molecule has 9 heteroatoms. The first kappa shape index (κ1) is 14.3. The molecule has 3 aromatic rings. The van der Waals surface area contributed by atoms with E-state index in [2.05, 4.69) is 29.9 Å². The number of nitrogens with zero attached hydrogens (tertiary/aromatic N) is 7. The lowest BCUT2D eigenvalue weighted by atomic mass is 10.2. The number of hydrogen-bond donors (Lipinski definition) is 1. The van der Waals surface area contributed by atoms with Crippen LogP contribution in [0.1, 0.15) is 4.88 Å². The van der Waals surface area contributed by atoms with Crippen molar-refractivity contribution in [2.45, 2.75) is 6.54 Å². The molecule has 1 aliphatic rings. The average Bonchev–Trinajstić information content (AvgIpc) is 3.14. The topological polar surface area (TPSA) is 89.0 Å².